The van der Waals surface area contributed by atoms with E-state index < -0.39 is 0 Å². The zero-order valence-corrected chi connectivity index (χ0v) is 15.3. The number of nitrogens with zero attached hydrogens (tertiary/aromatic N) is 1. The molecule has 0 aliphatic rings. The van der Waals surface area contributed by atoms with E-state index in [2.05, 4.69) is 29.3 Å². The molecule has 0 unspecified atom stereocenters. The largest absolute Gasteiger partial charge is 0.493 e. The van der Waals surface area contributed by atoms with Crippen molar-refractivity contribution in [3.63, 3.8) is 0 Å². The highest BCUT2D eigenvalue weighted by Crippen LogP contribution is 2.27. The average molecular weight is 350 g/mol. The summed E-state index contributed by atoms with van der Waals surface area (Å²) in [6.07, 6.45) is 8.11. The van der Waals surface area contributed by atoms with Gasteiger partial charge in [0.25, 0.3) is 0 Å². The number of hydrogen-bond acceptors (Lipinski definition) is 4. The molecular weight excluding hydrogens is 322 g/mol. The molecular formula is C18H27N3O2S. The topological polar surface area (TPSA) is 54.9 Å². The predicted octanol–water partition coefficient (Wildman–Crippen LogP) is 3.64. The molecule has 1 aromatic rings. The first-order valence-electron chi connectivity index (χ1n) is 8.19. The van der Waals surface area contributed by atoms with Crippen LogP contribution in [0.1, 0.15) is 38.2 Å². The summed E-state index contributed by atoms with van der Waals surface area (Å²) in [4.78, 5) is 0. The second-order valence-electron chi connectivity index (χ2n) is 5.19. The summed E-state index contributed by atoms with van der Waals surface area (Å²) < 4.78 is 11.2. The van der Waals surface area contributed by atoms with E-state index in [1.54, 1.807) is 19.4 Å². The number of nitrogens with one attached hydrogen (secondary N) is 2. The van der Waals surface area contributed by atoms with Gasteiger partial charge in [0.2, 0.25) is 0 Å². The van der Waals surface area contributed by atoms with E-state index in [1.165, 1.54) is 19.3 Å². The molecule has 1 rings (SSSR count). The van der Waals surface area contributed by atoms with Gasteiger partial charge in [0, 0.05) is 6.54 Å². The zero-order valence-electron chi connectivity index (χ0n) is 14.5. The minimum absolute atomic E-state index is 0.449. The van der Waals surface area contributed by atoms with E-state index >= 15 is 0 Å². The Bertz CT molecular complexity index is 547. The van der Waals surface area contributed by atoms with Crippen LogP contribution in [-0.4, -0.2) is 31.6 Å². The molecule has 6 heteroatoms. The molecule has 1 aromatic carbocycles. The van der Waals surface area contributed by atoms with Gasteiger partial charge in [-0.2, -0.15) is 5.10 Å². The lowest BCUT2D eigenvalue weighted by Crippen LogP contribution is -2.31. The van der Waals surface area contributed by atoms with E-state index in [0.717, 1.165) is 17.7 Å². The van der Waals surface area contributed by atoms with Gasteiger partial charge in [-0.25, -0.2) is 0 Å². The van der Waals surface area contributed by atoms with Crippen LogP contribution < -0.4 is 20.2 Å². The molecule has 0 bridgehead atoms. The molecule has 0 amide bonds. The summed E-state index contributed by atoms with van der Waals surface area (Å²) in [7, 11) is 1.63. The van der Waals surface area contributed by atoms with Gasteiger partial charge in [0.1, 0.15) is 0 Å². The molecule has 0 atom stereocenters. The molecule has 0 aliphatic carbocycles. The first kappa shape index (κ1) is 20.0. The fraction of sp³-hybridized carbons (Fsp3) is 0.444. The van der Waals surface area contributed by atoms with Crippen LogP contribution in [0.5, 0.6) is 11.5 Å². The standard InChI is InChI=1S/C18H27N3O2S/c1-4-6-7-8-12-23-16-10-9-15(13-17(16)22-3)14-20-21-18(24)19-11-5-2/h5,9-10,13-14H,2,4,6-8,11-12H2,1,3H3,(H2,19,21,24)/b20-14+. The molecule has 0 heterocycles. The average Bonchev–Trinajstić information content (AvgIpc) is 2.60. The molecule has 5 nitrogen and oxygen atoms in total. The Balaban J connectivity index is 2.52. The SMILES string of the molecule is C=CCNC(=S)N/N=C/c1ccc(OCCCCCC)c(OC)c1. The number of thiocarbonyl (C=S) groups is 1. The van der Waals surface area contributed by atoms with Crippen LogP contribution in [0.4, 0.5) is 0 Å². The minimum Gasteiger partial charge on any atom is -0.493 e. The minimum atomic E-state index is 0.449. The van der Waals surface area contributed by atoms with Gasteiger partial charge in [-0.3, -0.25) is 5.43 Å². The third kappa shape index (κ3) is 7.97. The van der Waals surface area contributed by atoms with Crippen LogP contribution >= 0.6 is 12.2 Å². The third-order valence-electron chi connectivity index (χ3n) is 3.23. The number of ether oxygens (including phenoxy) is 2. The Hall–Kier alpha value is -2.08. The van der Waals surface area contributed by atoms with Gasteiger partial charge in [-0.05, 0) is 42.4 Å². The van der Waals surface area contributed by atoms with Crippen LogP contribution in [0, 0.1) is 0 Å². The molecule has 0 fully saturated rings. The molecule has 2 N–H and O–H groups in total. The number of benzene rings is 1. The second kappa shape index (κ2) is 12.4. The highest BCUT2D eigenvalue weighted by Gasteiger charge is 2.05. The molecule has 0 saturated carbocycles. The quantitative estimate of drug-likeness (QED) is 0.210. The molecule has 24 heavy (non-hydrogen) atoms. The predicted molar refractivity (Wildman–Crippen MR) is 104 cm³/mol. The number of hydrogen-bond donors (Lipinski definition) is 2. The smallest absolute Gasteiger partial charge is 0.187 e. The van der Waals surface area contributed by atoms with Crippen molar-refractivity contribution in [2.75, 3.05) is 20.3 Å². The zero-order chi connectivity index (χ0) is 17.6. The van der Waals surface area contributed by atoms with Crippen molar-refractivity contribution in [2.45, 2.75) is 32.6 Å². The van der Waals surface area contributed by atoms with Crippen molar-refractivity contribution in [3.05, 3.63) is 36.4 Å². The third-order valence-corrected chi connectivity index (χ3v) is 3.47. The Morgan fingerprint density at radius 1 is 1.29 bits per heavy atom. The number of rotatable bonds is 11. The summed E-state index contributed by atoms with van der Waals surface area (Å²) in [6.45, 7) is 7.10. The van der Waals surface area contributed by atoms with Gasteiger partial charge in [-0.15, -0.1) is 6.58 Å². The van der Waals surface area contributed by atoms with E-state index in [4.69, 9.17) is 21.7 Å². The molecule has 0 aromatic heterocycles. The van der Waals surface area contributed by atoms with Gasteiger partial charge in [-0.1, -0.05) is 32.3 Å². The lowest BCUT2D eigenvalue weighted by molar-refractivity contribution is 0.285. The first-order chi connectivity index (χ1) is 11.7. The lowest BCUT2D eigenvalue weighted by atomic mass is 10.2. The molecule has 0 aliphatic heterocycles. The Morgan fingerprint density at radius 3 is 2.83 bits per heavy atom. The summed E-state index contributed by atoms with van der Waals surface area (Å²) in [5.41, 5.74) is 3.63. The van der Waals surface area contributed by atoms with Crippen molar-refractivity contribution in [3.8, 4) is 11.5 Å². The van der Waals surface area contributed by atoms with Crippen molar-refractivity contribution in [2.24, 2.45) is 5.10 Å². The summed E-state index contributed by atoms with van der Waals surface area (Å²) in [6, 6.07) is 5.70. The monoisotopic (exact) mass is 349 g/mol. The van der Waals surface area contributed by atoms with Crippen molar-refractivity contribution in [1.29, 1.82) is 0 Å². The Morgan fingerprint density at radius 2 is 2.12 bits per heavy atom. The van der Waals surface area contributed by atoms with E-state index in [9.17, 15) is 0 Å². The fourth-order valence-corrected chi connectivity index (χ4v) is 2.10. The van der Waals surface area contributed by atoms with Crippen LogP contribution in [0.15, 0.2) is 36.0 Å². The van der Waals surface area contributed by atoms with Crippen LogP contribution in [0.2, 0.25) is 0 Å². The molecule has 0 saturated heterocycles. The maximum atomic E-state index is 5.79. The van der Waals surface area contributed by atoms with Gasteiger partial charge in [0.15, 0.2) is 16.6 Å². The Labute approximate surface area is 150 Å². The fourth-order valence-electron chi connectivity index (χ4n) is 1.96. The molecule has 0 radical (unpaired) electrons. The lowest BCUT2D eigenvalue weighted by Gasteiger charge is -2.11. The summed E-state index contributed by atoms with van der Waals surface area (Å²) in [5, 5.41) is 7.47. The van der Waals surface area contributed by atoms with Crippen LogP contribution in [-0.2, 0) is 0 Å². The maximum Gasteiger partial charge on any atom is 0.187 e. The maximum absolute atomic E-state index is 5.79. The van der Waals surface area contributed by atoms with Gasteiger partial charge in [0.05, 0.1) is 19.9 Å². The molecule has 132 valence electrons. The van der Waals surface area contributed by atoms with E-state index in [1.807, 2.05) is 18.2 Å². The Kier molecular flexibility index (Phi) is 10.3. The summed E-state index contributed by atoms with van der Waals surface area (Å²) >= 11 is 5.05. The van der Waals surface area contributed by atoms with Crippen LogP contribution in [0.25, 0.3) is 0 Å². The van der Waals surface area contributed by atoms with Gasteiger partial charge >= 0.3 is 0 Å². The number of hydrazone groups is 1. The van der Waals surface area contributed by atoms with Crippen molar-refractivity contribution >= 4 is 23.5 Å². The number of unbranched alkanes of at least 4 members (excludes halogenated alkanes) is 3. The number of methoxy groups -OCH3 is 1. The normalized spacial score (nSPS) is 10.4. The van der Waals surface area contributed by atoms with Crippen molar-refractivity contribution in [1.82, 2.24) is 10.7 Å². The second-order valence-corrected chi connectivity index (χ2v) is 5.60. The summed E-state index contributed by atoms with van der Waals surface area (Å²) in [5.74, 6) is 1.45. The molecule has 0 spiro atoms. The van der Waals surface area contributed by atoms with Crippen LogP contribution in [0.3, 0.4) is 0 Å². The first-order valence-corrected chi connectivity index (χ1v) is 8.60. The van der Waals surface area contributed by atoms with E-state index in [0.29, 0.717) is 24.0 Å². The van der Waals surface area contributed by atoms with Crippen molar-refractivity contribution < 1.29 is 9.47 Å². The highest BCUT2D eigenvalue weighted by atomic mass is 32.1. The van der Waals surface area contributed by atoms with Gasteiger partial charge < -0.3 is 14.8 Å². The van der Waals surface area contributed by atoms with E-state index in [-0.39, 0.29) is 0 Å². The highest BCUT2D eigenvalue weighted by molar-refractivity contribution is 7.80.